The minimum atomic E-state index is -4.57. The highest BCUT2D eigenvalue weighted by Crippen LogP contribution is 2.36. The molecule has 0 aliphatic carbocycles. The van der Waals surface area contributed by atoms with E-state index in [2.05, 4.69) is 20.9 Å². The number of hydrogen-bond acceptors (Lipinski definition) is 5. The first-order valence-corrected chi connectivity index (χ1v) is 10.8. The summed E-state index contributed by atoms with van der Waals surface area (Å²) < 4.78 is 44.0. The van der Waals surface area contributed by atoms with Crippen LogP contribution < -0.4 is 20.7 Å². The second-order valence-corrected chi connectivity index (χ2v) is 8.22. The van der Waals surface area contributed by atoms with Crippen LogP contribution in [0, 0.1) is 0 Å². The summed E-state index contributed by atoms with van der Waals surface area (Å²) >= 11 is 7.63. The molecule has 12 heteroatoms. The van der Waals surface area contributed by atoms with Gasteiger partial charge in [-0.25, -0.2) is 4.79 Å². The van der Waals surface area contributed by atoms with Gasteiger partial charge in [0.25, 0.3) is 5.91 Å². The van der Waals surface area contributed by atoms with E-state index in [4.69, 9.17) is 16.3 Å². The number of hydrogen-bond donors (Lipinski definition) is 3. The number of benzene rings is 2. The number of alkyl halides is 3. The molecule has 0 saturated carbocycles. The number of carbonyl (C=O) groups is 2. The van der Waals surface area contributed by atoms with Gasteiger partial charge in [-0.2, -0.15) is 13.2 Å². The average Bonchev–Trinajstić information content (AvgIpc) is 2.79. The lowest BCUT2D eigenvalue weighted by Gasteiger charge is -2.14. The van der Waals surface area contributed by atoms with Gasteiger partial charge in [0.15, 0.2) is 0 Å². The largest absolute Gasteiger partial charge is 0.495 e. The van der Waals surface area contributed by atoms with Crippen LogP contribution in [0.3, 0.4) is 0 Å². The Balaban J connectivity index is 1.71. The molecule has 2 aromatic carbocycles. The minimum absolute atomic E-state index is 0.0707. The molecular weight excluding hydrogens is 493 g/mol. The molecule has 0 spiro atoms. The van der Waals surface area contributed by atoms with Crippen molar-refractivity contribution in [2.24, 2.45) is 0 Å². The number of halogens is 4. The van der Waals surface area contributed by atoms with E-state index in [9.17, 15) is 22.8 Å². The number of methoxy groups -OCH3 is 1. The third kappa shape index (κ3) is 6.33. The fourth-order valence-corrected chi connectivity index (χ4v) is 3.92. The normalized spacial score (nSPS) is 11.0. The van der Waals surface area contributed by atoms with Gasteiger partial charge in [-0.15, -0.1) is 0 Å². The van der Waals surface area contributed by atoms with Gasteiger partial charge < -0.3 is 20.7 Å². The zero-order chi connectivity index (χ0) is 24.9. The Bertz CT molecular complexity index is 1220. The molecule has 3 rings (SSSR count). The summed E-state index contributed by atoms with van der Waals surface area (Å²) in [5, 5.41) is 7.69. The molecule has 0 aliphatic heterocycles. The highest BCUT2D eigenvalue weighted by molar-refractivity contribution is 7.99. The molecule has 34 heavy (non-hydrogen) atoms. The van der Waals surface area contributed by atoms with E-state index in [0.717, 1.165) is 23.1 Å². The number of nitrogens with zero attached hydrogens (tertiary/aromatic N) is 1. The summed E-state index contributed by atoms with van der Waals surface area (Å²) in [4.78, 5) is 29.5. The summed E-state index contributed by atoms with van der Waals surface area (Å²) in [5.41, 5.74) is -0.497. The number of nitrogens with one attached hydrogen (secondary N) is 3. The van der Waals surface area contributed by atoms with Crippen molar-refractivity contribution in [1.82, 2.24) is 10.3 Å². The predicted octanol–water partition coefficient (Wildman–Crippen LogP) is 5.92. The quantitative estimate of drug-likeness (QED) is 0.383. The number of urea groups is 1. The zero-order valence-electron chi connectivity index (χ0n) is 17.8. The Morgan fingerprint density at radius 3 is 2.47 bits per heavy atom. The lowest BCUT2D eigenvalue weighted by Crippen LogP contribution is -2.20. The summed E-state index contributed by atoms with van der Waals surface area (Å²) in [7, 11) is 2.79. The maximum Gasteiger partial charge on any atom is 0.416 e. The highest BCUT2D eigenvalue weighted by Gasteiger charge is 2.31. The molecule has 0 unspecified atom stereocenters. The van der Waals surface area contributed by atoms with Crippen LogP contribution in [0.4, 0.5) is 29.3 Å². The molecule has 1 aromatic heterocycles. The van der Waals surface area contributed by atoms with E-state index in [1.807, 2.05) is 0 Å². The number of amides is 3. The van der Waals surface area contributed by atoms with Gasteiger partial charge in [0.1, 0.15) is 11.4 Å². The number of pyridine rings is 1. The Labute approximate surface area is 202 Å². The second-order valence-electron chi connectivity index (χ2n) is 6.70. The molecule has 7 nitrogen and oxygen atoms in total. The number of carbonyl (C=O) groups excluding carboxylic acids is 2. The van der Waals surface area contributed by atoms with E-state index in [1.165, 1.54) is 38.2 Å². The van der Waals surface area contributed by atoms with Crippen LogP contribution in [-0.2, 0) is 6.18 Å². The SMILES string of the molecule is CNC(=O)c1cc(Sc2ccc(NC(=O)Nc3cc(C(F)(F)F)ccc3OC)cc2Cl)ccn1. The van der Waals surface area contributed by atoms with E-state index >= 15 is 0 Å². The molecule has 0 bridgehead atoms. The van der Waals surface area contributed by atoms with Gasteiger partial charge >= 0.3 is 12.2 Å². The van der Waals surface area contributed by atoms with Gasteiger partial charge in [0, 0.05) is 28.7 Å². The summed E-state index contributed by atoms with van der Waals surface area (Å²) in [6, 6.07) is 10.1. The predicted molar refractivity (Wildman–Crippen MR) is 124 cm³/mol. The molecule has 1 heterocycles. The van der Waals surface area contributed by atoms with Crippen molar-refractivity contribution in [2.45, 2.75) is 16.0 Å². The van der Waals surface area contributed by atoms with E-state index in [1.54, 1.807) is 24.3 Å². The Morgan fingerprint density at radius 2 is 1.82 bits per heavy atom. The van der Waals surface area contributed by atoms with Gasteiger partial charge in [-0.1, -0.05) is 23.4 Å². The minimum Gasteiger partial charge on any atom is -0.495 e. The second kappa shape index (κ2) is 10.7. The van der Waals surface area contributed by atoms with Crippen LogP contribution in [-0.4, -0.2) is 31.1 Å². The fourth-order valence-electron chi connectivity index (χ4n) is 2.78. The first-order chi connectivity index (χ1) is 16.1. The third-order valence-corrected chi connectivity index (χ3v) is 5.87. The number of anilines is 2. The Kier molecular flexibility index (Phi) is 7.90. The monoisotopic (exact) mass is 510 g/mol. The third-order valence-electron chi connectivity index (χ3n) is 4.38. The molecule has 3 amide bonds. The zero-order valence-corrected chi connectivity index (χ0v) is 19.4. The van der Waals surface area contributed by atoms with Crippen molar-refractivity contribution in [2.75, 3.05) is 24.8 Å². The molecule has 3 aromatic rings. The van der Waals surface area contributed by atoms with E-state index in [-0.39, 0.29) is 23.0 Å². The van der Waals surface area contributed by atoms with Crippen LogP contribution >= 0.6 is 23.4 Å². The standard InChI is InChI=1S/C22H18ClF3N4O3S/c1-27-20(31)17-11-14(7-8-28-17)34-19-6-4-13(10-15(19)23)29-21(32)30-16-9-12(22(24,25)26)3-5-18(16)33-2/h3-11H,1-2H3,(H,27,31)(H2,29,30,32). The molecule has 0 radical (unpaired) electrons. The summed E-state index contributed by atoms with van der Waals surface area (Å²) in [5.74, 6) is -0.252. The summed E-state index contributed by atoms with van der Waals surface area (Å²) in [6.45, 7) is 0. The van der Waals surface area contributed by atoms with Crippen molar-refractivity contribution in [1.29, 1.82) is 0 Å². The summed E-state index contributed by atoms with van der Waals surface area (Å²) in [6.07, 6.45) is -3.07. The van der Waals surface area contributed by atoms with Gasteiger partial charge in [0.2, 0.25) is 0 Å². The Morgan fingerprint density at radius 1 is 1.06 bits per heavy atom. The maximum atomic E-state index is 13.0. The highest BCUT2D eigenvalue weighted by atomic mass is 35.5. The topological polar surface area (TPSA) is 92.4 Å². The van der Waals surface area contributed by atoms with Crippen molar-refractivity contribution >= 4 is 46.7 Å². The number of rotatable bonds is 6. The molecule has 0 aliphatic rings. The lowest BCUT2D eigenvalue weighted by molar-refractivity contribution is -0.137. The molecule has 0 saturated heterocycles. The van der Waals surface area contributed by atoms with Crippen molar-refractivity contribution < 1.29 is 27.5 Å². The van der Waals surface area contributed by atoms with Crippen molar-refractivity contribution in [3.8, 4) is 5.75 Å². The molecule has 0 fully saturated rings. The average molecular weight is 511 g/mol. The Hall–Kier alpha value is -3.44. The van der Waals surface area contributed by atoms with Gasteiger partial charge in [-0.05, 0) is 48.5 Å². The molecule has 178 valence electrons. The lowest BCUT2D eigenvalue weighted by atomic mass is 10.2. The first-order valence-electron chi connectivity index (χ1n) is 9.59. The number of ether oxygens (including phenoxy) is 1. The first kappa shape index (κ1) is 25.2. The van der Waals surface area contributed by atoms with E-state index < -0.39 is 17.8 Å². The smallest absolute Gasteiger partial charge is 0.416 e. The van der Waals surface area contributed by atoms with Gasteiger partial charge in [-0.3, -0.25) is 9.78 Å². The van der Waals surface area contributed by atoms with Crippen molar-refractivity contribution in [3.63, 3.8) is 0 Å². The molecule has 3 N–H and O–H groups in total. The fraction of sp³-hybridized carbons (Fsp3) is 0.136. The van der Waals surface area contributed by atoms with Crippen LogP contribution in [0.5, 0.6) is 5.75 Å². The van der Waals surface area contributed by atoms with Crippen LogP contribution in [0.2, 0.25) is 5.02 Å². The van der Waals surface area contributed by atoms with Crippen LogP contribution in [0.1, 0.15) is 16.1 Å². The number of aromatic nitrogens is 1. The molecular formula is C22H18ClF3N4O3S. The van der Waals surface area contributed by atoms with Crippen LogP contribution in [0.15, 0.2) is 64.5 Å². The molecule has 0 atom stereocenters. The van der Waals surface area contributed by atoms with Crippen molar-refractivity contribution in [3.05, 3.63) is 71.0 Å². The van der Waals surface area contributed by atoms with E-state index in [0.29, 0.717) is 15.6 Å². The van der Waals surface area contributed by atoms with Gasteiger partial charge in [0.05, 0.1) is 23.4 Å². The van der Waals surface area contributed by atoms with Crippen LogP contribution in [0.25, 0.3) is 0 Å². The maximum absolute atomic E-state index is 13.0.